The number of halogens is 1. The fourth-order valence-corrected chi connectivity index (χ4v) is 2.57. The molecule has 0 amide bonds. The molecule has 0 fully saturated rings. The Hall–Kier alpha value is -0.323. The molecule has 0 aromatic carbocycles. The van der Waals surface area contributed by atoms with E-state index in [2.05, 4.69) is 25.8 Å². The summed E-state index contributed by atoms with van der Waals surface area (Å²) in [6.07, 6.45) is 0. The summed E-state index contributed by atoms with van der Waals surface area (Å²) in [5.74, 6) is 1.66. The third kappa shape index (κ3) is 4.12. The van der Waals surface area contributed by atoms with Gasteiger partial charge in [-0.2, -0.15) is 0 Å². The standard InChI is InChI=1S/C12H22ClNO2Si/c1-8-10(15-9(7-13)14-8)12(5,6)16-17-11(2,3)4/h7,17H2,1-6H3. The molecule has 98 valence electrons. The maximum atomic E-state index is 6.08. The van der Waals surface area contributed by atoms with Gasteiger partial charge >= 0.3 is 0 Å². The van der Waals surface area contributed by atoms with Crippen LogP contribution in [0.1, 0.15) is 52.0 Å². The summed E-state index contributed by atoms with van der Waals surface area (Å²) in [5, 5.41) is 0.264. The first-order valence-corrected chi connectivity index (χ1v) is 7.64. The van der Waals surface area contributed by atoms with Crippen LogP contribution in [0.15, 0.2) is 4.42 Å². The molecule has 1 aromatic rings. The maximum Gasteiger partial charge on any atom is 0.209 e. The summed E-state index contributed by atoms with van der Waals surface area (Å²) in [7, 11) is -0.632. The molecule has 0 saturated carbocycles. The second kappa shape index (κ2) is 5.12. The number of oxazole rings is 1. The van der Waals surface area contributed by atoms with Crippen LogP contribution in [0.2, 0.25) is 5.04 Å². The summed E-state index contributed by atoms with van der Waals surface area (Å²) >= 11 is 5.72. The Kier molecular flexibility index (Phi) is 4.44. The molecule has 0 N–H and O–H groups in total. The van der Waals surface area contributed by atoms with Crippen LogP contribution >= 0.6 is 11.6 Å². The lowest BCUT2D eigenvalue weighted by atomic mass is 10.1. The minimum absolute atomic E-state index is 0.264. The van der Waals surface area contributed by atoms with Gasteiger partial charge in [0.15, 0.2) is 15.5 Å². The van der Waals surface area contributed by atoms with Gasteiger partial charge < -0.3 is 8.84 Å². The van der Waals surface area contributed by atoms with Gasteiger partial charge in [0.1, 0.15) is 5.60 Å². The zero-order valence-corrected chi connectivity index (χ0v) is 13.7. The van der Waals surface area contributed by atoms with Crippen molar-refractivity contribution in [2.45, 2.75) is 58.1 Å². The molecule has 1 aromatic heterocycles. The highest BCUT2D eigenvalue weighted by molar-refractivity contribution is 6.31. The molecule has 0 bridgehead atoms. The fourth-order valence-electron chi connectivity index (χ4n) is 1.53. The average Bonchev–Trinajstić information content (AvgIpc) is 2.57. The van der Waals surface area contributed by atoms with Crippen molar-refractivity contribution in [3.8, 4) is 0 Å². The monoisotopic (exact) mass is 275 g/mol. The van der Waals surface area contributed by atoms with E-state index >= 15 is 0 Å². The molecular formula is C12H22ClNO2Si. The Morgan fingerprint density at radius 3 is 2.29 bits per heavy atom. The van der Waals surface area contributed by atoms with Crippen LogP contribution in [-0.2, 0) is 15.9 Å². The number of rotatable bonds is 4. The maximum absolute atomic E-state index is 6.08. The number of hydrogen-bond acceptors (Lipinski definition) is 3. The minimum Gasteiger partial charge on any atom is -0.441 e. The predicted octanol–water partition coefficient (Wildman–Crippen LogP) is 3.28. The lowest BCUT2D eigenvalue weighted by molar-refractivity contribution is 0.0808. The van der Waals surface area contributed by atoms with Gasteiger partial charge in [0, 0.05) is 0 Å². The molecular weight excluding hydrogens is 254 g/mol. The number of aromatic nitrogens is 1. The molecule has 3 nitrogen and oxygen atoms in total. The van der Waals surface area contributed by atoms with Gasteiger partial charge in [0.05, 0.1) is 11.6 Å². The van der Waals surface area contributed by atoms with Crippen LogP contribution in [-0.4, -0.2) is 14.7 Å². The van der Waals surface area contributed by atoms with Gasteiger partial charge in [0.25, 0.3) is 0 Å². The summed E-state index contributed by atoms with van der Waals surface area (Å²) in [6.45, 7) is 12.6. The van der Waals surface area contributed by atoms with Gasteiger partial charge in [-0.05, 0) is 25.8 Å². The molecule has 0 unspecified atom stereocenters. The van der Waals surface area contributed by atoms with Crippen molar-refractivity contribution in [2.75, 3.05) is 0 Å². The minimum atomic E-state index is -0.632. The Labute approximate surface area is 111 Å². The largest absolute Gasteiger partial charge is 0.441 e. The van der Waals surface area contributed by atoms with E-state index in [1.54, 1.807) is 0 Å². The van der Waals surface area contributed by atoms with E-state index in [0.29, 0.717) is 11.8 Å². The van der Waals surface area contributed by atoms with Crippen LogP contribution in [0.4, 0.5) is 0 Å². The molecule has 0 saturated heterocycles. The fraction of sp³-hybridized carbons (Fsp3) is 0.750. The number of aryl methyl sites for hydroxylation is 1. The Morgan fingerprint density at radius 1 is 1.29 bits per heavy atom. The topological polar surface area (TPSA) is 35.3 Å². The Balaban J connectivity index is 2.84. The van der Waals surface area contributed by atoms with E-state index in [0.717, 1.165) is 11.5 Å². The molecule has 17 heavy (non-hydrogen) atoms. The molecule has 0 aliphatic carbocycles. The van der Waals surface area contributed by atoms with Crippen molar-refractivity contribution >= 4 is 21.4 Å². The van der Waals surface area contributed by atoms with Crippen LogP contribution in [0.25, 0.3) is 0 Å². The van der Waals surface area contributed by atoms with Crippen molar-refractivity contribution in [1.82, 2.24) is 4.98 Å². The molecule has 1 heterocycles. The van der Waals surface area contributed by atoms with E-state index in [-0.39, 0.29) is 5.04 Å². The second-order valence-electron chi connectivity index (χ2n) is 6.02. The summed E-state index contributed by atoms with van der Waals surface area (Å²) in [5.41, 5.74) is 0.453. The Morgan fingerprint density at radius 2 is 1.88 bits per heavy atom. The first kappa shape index (κ1) is 14.7. The average molecular weight is 276 g/mol. The highest BCUT2D eigenvalue weighted by atomic mass is 35.5. The van der Waals surface area contributed by atoms with Crippen molar-refractivity contribution in [3.05, 3.63) is 17.3 Å². The van der Waals surface area contributed by atoms with Gasteiger partial charge in [-0.3, -0.25) is 0 Å². The van der Waals surface area contributed by atoms with E-state index in [9.17, 15) is 0 Å². The van der Waals surface area contributed by atoms with Gasteiger partial charge in [-0.1, -0.05) is 20.8 Å². The molecule has 5 heteroatoms. The van der Waals surface area contributed by atoms with Crippen molar-refractivity contribution < 1.29 is 8.84 Å². The highest BCUT2D eigenvalue weighted by Crippen LogP contribution is 2.31. The molecule has 0 aliphatic heterocycles. The zero-order chi connectivity index (χ0) is 13.3. The first-order chi connectivity index (χ1) is 7.65. The van der Waals surface area contributed by atoms with Crippen molar-refractivity contribution in [2.24, 2.45) is 0 Å². The normalized spacial score (nSPS) is 13.8. The van der Waals surface area contributed by atoms with Crippen molar-refractivity contribution in [3.63, 3.8) is 0 Å². The number of nitrogens with zero attached hydrogens (tertiary/aromatic N) is 1. The van der Waals surface area contributed by atoms with Gasteiger partial charge in [-0.25, -0.2) is 4.98 Å². The zero-order valence-electron chi connectivity index (χ0n) is 11.6. The summed E-state index contributed by atoms with van der Waals surface area (Å²) in [6, 6.07) is 0. The van der Waals surface area contributed by atoms with E-state index in [1.165, 1.54) is 0 Å². The first-order valence-electron chi connectivity index (χ1n) is 5.82. The van der Waals surface area contributed by atoms with Crippen LogP contribution in [0.5, 0.6) is 0 Å². The van der Waals surface area contributed by atoms with Crippen LogP contribution < -0.4 is 0 Å². The Bertz CT molecular complexity index is 382. The lowest BCUT2D eigenvalue weighted by Gasteiger charge is -2.28. The molecule has 0 spiro atoms. The SMILES string of the molecule is Cc1nc(CCl)oc1C(C)(C)O[SiH2]C(C)(C)C. The second-order valence-corrected chi connectivity index (χ2v) is 8.98. The van der Waals surface area contributed by atoms with Crippen LogP contribution in [0, 0.1) is 6.92 Å². The lowest BCUT2D eigenvalue weighted by Crippen LogP contribution is -2.27. The van der Waals surface area contributed by atoms with Crippen LogP contribution in [0.3, 0.4) is 0 Å². The molecule has 0 aliphatic rings. The third-order valence-corrected chi connectivity index (χ3v) is 4.33. The van der Waals surface area contributed by atoms with E-state index in [4.69, 9.17) is 20.4 Å². The van der Waals surface area contributed by atoms with E-state index in [1.807, 2.05) is 20.8 Å². The predicted molar refractivity (Wildman–Crippen MR) is 73.2 cm³/mol. The molecule has 1 rings (SSSR count). The highest BCUT2D eigenvalue weighted by Gasteiger charge is 2.30. The smallest absolute Gasteiger partial charge is 0.209 e. The molecule has 0 radical (unpaired) electrons. The van der Waals surface area contributed by atoms with Gasteiger partial charge in [0.2, 0.25) is 5.89 Å². The summed E-state index contributed by atoms with van der Waals surface area (Å²) < 4.78 is 11.7. The number of alkyl halides is 1. The number of hydrogen-bond donors (Lipinski definition) is 0. The van der Waals surface area contributed by atoms with Gasteiger partial charge in [-0.15, -0.1) is 11.6 Å². The summed E-state index contributed by atoms with van der Waals surface area (Å²) in [4.78, 5) is 4.28. The molecule has 0 atom stereocenters. The van der Waals surface area contributed by atoms with Crippen molar-refractivity contribution in [1.29, 1.82) is 0 Å². The van der Waals surface area contributed by atoms with E-state index < -0.39 is 15.4 Å². The third-order valence-electron chi connectivity index (χ3n) is 2.37. The quantitative estimate of drug-likeness (QED) is 0.625.